The van der Waals surface area contributed by atoms with E-state index in [9.17, 15) is 0 Å². The summed E-state index contributed by atoms with van der Waals surface area (Å²) in [5.41, 5.74) is 6.82. The first-order valence-corrected chi connectivity index (χ1v) is 8.20. The number of hydrogen-bond acceptors (Lipinski definition) is 3. The number of nitrogens with one attached hydrogen (secondary N) is 1. The Bertz CT molecular complexity index is 978. The molecule has 3 heterocycles. The fourth-order valence-electron chi connectivity index (χ4n) is 3.20. The van der Waals surface area contributed by atoms with Gasteiger partial charge in [-0.15, -0.1) is 0 Å². The van der Waals surface area contributed by atoms with Crippen LogP contribution in [0.15, 0.2) is 61.2 Å². The SMILES string of the molecule is c1cc(-n2cnc3ccc(N4CCC4)cc32)ccc1-c1cn[nH]c1. The van der Waals surface area contributed by atoms with Crippen molar-refractivity contribution in [2.24, 2.45) is 0 Å². The van der Waals surface area contributed by atoms with E-state index in [1.807, 2.05) is 18.7 Å². The molecule has 1 N–H and O–H groups in total. The number of aromatic amines is 1. The van der Waals surface area contributed by atoms with E-state index >= 15 is 0 Å². The Balaban J connectivity index is 1.55. The van der Waals surface area contributed by atoms with Crippen molar-refractivity contribution in [1.82, 2.24) is 19.7 Å². The molecular weight excluding hydrogens is 298 g/mol. The maximum Gasteiger partial charge on any atom is 0.100 e. The highest BCUT2D eigenvalue weighted by Crippen LogP contribution is 2.27. The first-order valence-electron chi connectivity index (χ1n) is 8.20. The fraction of sp³-hybridized carbons (Fsp3) is 0.158. The highest BCUT2D eigenvalue weighted by atomic mass is 15.2. The number of hydrogen-bond donors (Lipinski definition) is 1. The van der Waals surface area contributed by atoms with Gasteiger partial charge in [-0.25, -0.2) is 4.98 Å². The molecule has 1 aliphatic heterocycles. The van der Waals surface area contributed by atoms with Crippen LogP contribution in [0.4, 0.5) is 5.69 Å². The smallest absolute Gasteiger partial charge is 0.100 e. The van der Waals surface area contributed by atoms with Gasteiger partial charge < -0.3 is 4.90 Å². The lowest BCUT2D eigenvalue weighted by molar-refractivity contribution is 0.618. The van der Waals surface area contributed by atoms with E-state index in [0.29, 0.717) is 0 Å². The summed E-state index contributed by atoms with van der Waals surface area (Å²) in [6.07, 6.45) is 6.92. The molecule has 1 fully saturated rings. The third kappa shape index (κ3) is 2.09. The van der Waals surface area contributed by atoms with Crippen molar-refractivity contribution in [3.05, 3.63) is 61.2 Å². The second-order valence-corrected chi connectivity index (χ2v) is 6.16. The average molecular weight is 315 g/mol. The van der Waals surface area contributed by atoms with Crippen LogP contribution in [0.5, 0.6) is 0 Å². The number of rotatable bonds is 3. The number of anilines is 1. The van der Waals surface area contributed by atoms with Gasteiger partial charge in [0.1, 0.15) is 6.33 Å². The van der Waals surface area contributed by atoms with Crippen LogP contribution in [-0.4, -0.2) is 32.8 Å². The van der Waals surface area contributed by atoms with Crippen molar-refractivity contribution in [2.45, 2.75) is 6.42 Å². The third-order valence-corrected chi connectivity index (χ3v) is 4.73. The maximum atomic E-state index is 4.54. The van der Waals surface area contributed by atoms with Crippen LogP contribution in [0.2, 0.25) is 0 Å². The molecule has 5 rings (SSSR count). The topological polar surface area (TPSA) is 49.7 Å². The van der Waals surface area contributed by atoms with Crippen LogP contribution >= 0.6 is 0 Å². The lowest BCUT2D eigenvalue weighted by Crippen LogP contribution is -2.36. The molecule has 0 aliphatic carbocycles. The Labute approximate surface area is 139 Å². The summed E-state index contributed by atoms with van der Waals surface area (Å²) in [6.45, 7) is 2.30. The van der Waals surface area contributed by atoms with E-state index in [4.69, 9.17) is 0 Å². The van der Waals surface area contributed by atoms with E-state index in [1.54, 1.807) is 0 Å². The van der Waals surface area contributed by atoms with Gasteiger partial charge in [0.05, 0.1) is 17.2 Å². The Morgan fingerprint density at radius 3 is 2.46 bits per heavy atom. The summed E-state index contributed by atoms with van der Waals surface area (Å²) >= 11 is 0. The molecule has 2 aromatic carbocycles. The van der Waals surface area contributed by atoms with E-state index < -0.39 is 0 Å². The first kappa shape index (κ1) is 13.4. The molecule has 1 saturated heterocycles. The number of fused-ring (bicyclic) bond motifs is 1. The molecule has 0 amide bonds. The molecule has 0 saturated carbocycles. The van der Waals surface area contributed by atoms with Crippen molar-refractivity contribution < 1.29 is 0 Å². The average Bonchev–Trinajstić information content (AvgIpc) is 3.23. The second-order valence-electron chi connectivity index (χ2n) is 6.16. The van der Waals surface area contributed by atoms with Crippen molar-refractivity contribution in [3.8, 4) is 16.8 Å². The Morgan fingerprint density at radius 2 is 1.75 bits per heavy atom. The van der Waals surface area contributed by atoms with E-state index in [1.165, 1.54) is 12.1 Å². The quantitative estimate of drug-likeness (QED) is 0.628. The second kappa shape index (κ2) is 5.23. The van der Waals surface area contributed by atoms with Crippen LogP contribution in [-0.2, 0) is 0 Å². The molecule has 0 radical (unpaired) electrons. The minimum absolute atomic E-state index is 1.03. The Morgan fingerprint density at radius 1 is 0.917 bits per heavy atom. The van der Waals surface area contributed by atoms with Gasteiger partial charge in [-0.2, -0.15) is 5.10 Å². The van der Waals surface area contributed by atoms with Crippen LogP contribution in [0.25, 0.3) is 27.8 Å². The lowest BCUT2D eigenvalue weighted by Gasteiger charge is -2.33. The molecule has 0 spiro atoms. The van der Waals surface area contributed by atoms with E-state index in [2.05, 4.69) is 67.1 Å². The normalized spacial score (nSPS) is 14.1. The van der Waals surface area contributed by atoms with E-state index in [-0.39, 0.29) is 0 Å². The Hall–Kier alpha value is -3.08. The summed E-state index contributed by atoms with van der Waals surface area (Å²) in [4.78, 5) is 6.94. The molecule has 1 aliphatic rings. The molecule has 5 nitrogen and oxygen atoms in total. The molecule has 24 heavy (non-hydrogen) atoms. The maximum absolute atomic E-state index is 4.54. The highest BCUT2D eigenvalue weighted by molar-refractivity contribution is 5.82. The summed E-state index contributed by atoms with van der Waals surface area (Å²) < 4.78 is 2.15. The number of imidazole rings is 1. The summed E-state index contributed by atoms with van der Waals surface area (Å²) in [5.74, 6) is 0. The minimum Gasteiger partial charge on any atom is -0.371 e. The standard InChI is InChI=1S/C19H17N5/c1-8-23(9-1)17-6-7-18-19(10-17)24(13-20-18)16-4-2-14(3-5-16)15-11-21-22-12-15/h2-7,10-13H,1,8-9H2,(H,21,22). The number of benzene rings is 2. The molecular formula is C19H17N5. The van der Waals surface area contributed by atoms with Crippen LogP contribution in [0, 0.1) is 0 Å². The van der Waals surface area contributed by atoms with Gasteiger partial charge in [-0.3, -0.25) is 9.67 Å². The molecule has 0 bridgehead atoms. The first-order chi connectivity index (χ1) is 11.9. The van der Waals surface area contributed by atoms with Crippen LogP contribution in [0.3, 0.4) is 0 Å². The molecule has 0 atom stereocenters. The lowest BCUT2D eigenvalue weighted by atomic mass is 10.1. The van der Waals surface area contributed by atoms with Crippen LogP contribution in [0.1, 0.15) is 6.42 Å². The molecule has 2 aromatic heterocycles. The molecule has 4 aromatic rings. The van der Waals surface area contributed by atoms with Gasteiger partial charge in [0, 0.05) is 36.2 Å². The zero-order valence-electron chi connectivity index (χ0n) is 13.2. The predicted molar refractivity (Wildman–Crippen MR) is 95.5 cm³/mol. The van der Waals surface area contributed by atoms with Gasteiger partial charge in [0.15, 0.2) is 0 Å². The summed E-state index contributed by atoms with van der Waals surface area (Å²) in [6, 6.07) is 15.0. The highest BCUT2D eigenvalue weighted by Gasteiger charge is 2.15. The third-order valence-electron chi connectivity index (χ3n) is 4.73. The number of aromatic nitrogens is 4. The monoisotopic (exact) mass is 315 g/mol. The van der Waals surface area contributed by atoms with Crippen molar-refractivity contribution in [2.75, 3.05) is 18.0 Å². The molecule has 118 valence electrons. The minimum atomic E-state index is 1.03. The predicted octanol–water partition coefficient (Wildman–Crippen LogP) is 3.63. The van der Waals surface area contributed by atoms with Crippen molar-refractivity contribution in [1.29, 1.82) is 0 Å². The van der Waals surface area contributed by atoms with Crippen molar-refractivity contribution >= 4 is 16.7 Å². The summed E-state index contributed by atoms with van der Waals surface area (Å²) in [5, 5.41) is 6.86. The Kier molecular flexibility index (Phi) is 2.91. The van der Waals surface area contributed by atoms with E-state index in [0.717, 1.165) is 40.9 Å². The van der Waals surface area contributed by atoms with Gasteiger partial charge in [0.2, 0.25) is 0 Å². The van der Waals surface area contributed by atoms with Gasteiger partial charge in [-0.05, 0) is 42.3 Å². The van der Waals surface area contributed by atoms with Crippen molar-refractivity contribution in [3.63, 3.8) is 0 Å². The number of nitrogens with zero attached hydrogens (tertiary/aromatic N) is 4. The molecule has 0 unspecified atom stereocenters. The largest absolute Gasteiger partial charge is 0.371 e. The zero-order valence-corrected chi connectivity index (χ0v) is 13.2. The number of H-pyrrole nitrogens is 1. The summed E-state index contributed by atoms with van der Waals surface area (Å²) in [7, 11) is 0. The van der Waals surface area contributed by atoms with Gasteiger partial charge in [-0.1, -0.05) is 12.1 Å². The van der Waals surface area contributed by atoms with Gasteiger partial charge in [0.25, 0.3) is 0 Å². The van der Waals surface area contributed by atoms with Crippen LogP contribution < -0.4 is 4.90 Å². The molecule has 5 heteroatoms. The fourth-order valence-corrected chi connectivity index (χ4v) is 3.20. The zero-order chi connectivity index (χ0) is 15.9. The van der Waals surface area contributed by atoms with Gasteiger partial charge >= 0.3 is 0 Å².